The van der Waals surface area contributed by atoms with E-state index in [-0.39, 0.29) is 12.3 Å². The molecular formula is C9H14N2O4S. The quantitative estimate of drug-likeness (QED) is 0.489. The van der Waals surface area contributed by atoms with Crippen molar-refractivity contribution in [3.63, 3.8) is 0 Å². The van der Waals surface area contributed by atoms with Crippen molar-refractivity contribution in [2.24, 2.45) is 0 Å². The van der Waals surface area contributed by atoms with Gasteiger partial charge in [-0.2, -0.15) is 0 Å². The number of carboxylic acid groups (broad SMARTS) is 1. The fourth-order valence-electron chi connectivity index (χ4n) is 1.47. The zero-order valence-corrected chi connectivity index (χ0v) is 9.75. The second-order valence-corrected chi connectivity index (χ2v) is 3.82. The SMILES string of the molecule is COCCCN1C(=O)[C@H](CC(=O)O)NC1=S. The zero-order valence-electron chi connectivity index (χ0n) is 8.93. The Bertz CT molecular complexity index is 308. The number of hydrogen-bond acceptors (Lipinski definition) is 4. The van der Waals surface area contributed by atoms with Gasteiger partial charge in [0.1, 0.15) is 6.04 Å². The number of carbonyl (C=O) groups is 2. The molecule has 0 aromatic rings. The van der Waals surface area contributed by atoms with Crippen LogP contribution in [-0.2, 0) is 14.3 Å². The van der Waals surface area contributed by atoms with Gasteiger partial charge in [0, 0.05) is 20.3 Å². The first-order valence-corrected chi connectivity index (χ1v) is 5.29. The van der Waals surface area contributed by atoms with Crippen LogP contribution >= 0.6 is 12.2 Å². The molecule has 0 aromatic heterocycles. The highest BCUT2D eigenvalue weighted by Gasteiger charge is 2.36. The molecule has 0 aliphatic carbocycles. The van der Waals surface area contributed by atoms with Crippen LogP contribution in [-0.4, -0.2) is 53.3 Å². The van der Waals surface area contributed by atoms with Crippen molar-refractivity contribution in [1.29, 1.82) is 0 Å². The van der Waals surface area contributed by atoms with Gasteiger partial charge >= 0.3 is 5.97 Å². The van der Waals surface area contributed by atoms with E-state index in [4.69, 9.17) is 22.1 Å². The molecule has 16 heavy (non-hydrogen) atoms. The normalized spacial score (nSPS) is 20.1. The lowest BCUT2D eigenvalue weighted by atomic mass is 10.2. The number of nitrogens with one attached hydrogen (secondary N) is 1. The van der Waals surface area contributed by atoms with Crippen molar-refractivity contribution >= 4 is 29.2 Å². The number of nitrogens with zero attached hydrogens (tertiary/aromatic N) is 1. The highest BCUT2D eigenvalue weighted by Crippen LogP contribution is 2.10. The summed E-state index contributed by atoms with van der Waals surface area (Å²) in [6.07, 6.45) is 0.420. The van der Waals surface area contributed by atoms with E-state index < -0.39 is 12.0 Å². The first kappa shape index (κ1) is 12.9. The van der Waals surface area contributed by atoms with Crippen LogP contribution in [0.15, 0.2) is 0 Å². The first-order chi connectivity index (χ1) is 7.56. The molecule has 90 valence electrons. The molecule has 1 rings (SSSR count). The molecule has 0 unspecified atom stereocenters. The maximum Gasteiger partial charge on any atom is 0.305 e. The predicted molar refractivity (Wildman–Crippen MR) is 60.0 cm³/mol. The molecule has 0 radical (unpaired) electrons. The van der Waals surface area contributed by atoms with Gasteiger partial charge in [-0.25, -0.2) is 0 Å². The summed E-state index contributed by atoms with van der Waals surface area (Å²) in [6.45, 7) is 0.991. The third-order valence-corrected chi connectivity index (χ3v) is 2.55. The van der Waals surface area contributed by atoms with Gasteiger partial charge in [-0.1, -0.05) is 0 Å². The summed E-state index contributed by atoms with van der Waals surface area (Å²) in [6, 6.07) is -0.729. The lowest BCUT2D eigenvalue weighted by Crippen LogP contribution is -2.33. The van der Waals surface area contributed by atoms with Gasteiger partial charge in [-0.3, -0.25) is 14.5 Å². The van der Waals surface area contributed by atoms with Crippen LogP contribution < -0.4 is 5.32 Å². The summed E-state index contributed by atoms with van der Waals surface area (Å²) in [4.78, 5) is 23.6. The predicted octanol–water partition coefficient (Wildman–Crippen LogP) is -0.417. The van der Waals surface area contributed by atoms with Crippen molar-refractivity contribution in [2.75, 3.05) is 20.3 Å². The third kappa shape index (κ3) is 3.14. The number of ether oxygens (including phenoxy) is 1. The standard InChI is InChI=1S/C9H14N2O4S/c1-15-4-2-3-11-8(14)6(5-7(12)13)10-9(11)16/h6H,2-5H2,1H3,(H,10,16)(H,12,13)/t6-/m0/s1. The molecule has 1 heterocycles. The van der Waals surface area contributed by atoms with Gasteiger partial charge in [0.15, 0.2) is 5.11 Å². The molecule has 1 saturated heterocycles. The minimum atomic E-state index is -1.02. The maximum atomic E-state index is 11.7. The summed E-state index contributed by atoms with van der Waals surface area (Å²) >= 11 is 4.96. The second kappa shape index (κ2) is 5.76. The van der Waals surface area contributed by atoms with E-state index in [1.165, 1.54) is 4.90 Å². The first-order valence-electron chi connectivity index (χ1n) is 4.89. The third-order valence-electron chi connectivity index (χ3n) is 2.22. The van der Waals surface area contributed by atoms with Gasteiger partial charge < -0.3 is 15.2 Å². The van der Waals surface area contributed by atoms with Gasteiger partial charge in [-0.15, -0.1) is 0 Å². The summed E-state index contributed by atoms with van der Waals surface area (Å²) in [5.41, 5.74) is 0. The summed E-state index contributed by atoms with van der Waals surface area (Å²) in [7, 11) is 1.58. The molecule has 6 nitrogen and oxygen atoms in total. The molecule has 0 aromatic carbocycles. The van der Waals surface area contributed by atoms with Crippen molar-refractivity contribution < 1.29 is 19.4 Å². The van der Waals surface area contributed by atoms with E-state index in [0.29, 0.717) is 24.7 Å². The smallest absolute Gasteiger partial charge is 0.305 e. The largest absolute Gasteiger partial charge is 0.481 e. The highest BCUT2D eigenvalue weighted by molar-refractivity contribution is 7.80. The highest BCUT2D eigenvalue weighted by atomic mass is 32.1. The van der Waals surface area contributed by atoms with Crippen LogP contribution in [0.5, 0.6) is 0 Å². The summed E-state index contributed by atoms with van der Waals surface area (Å²) in [5, 5.41) is 11.6. The Morgan fingerprint density at radius 3 is 2.94 bits per heavy atom. The Hall–Kier alpha value is -1.21. The second-order valence-electron chi connectivity index (χ2n) is 3.44. The van der Waals surface area contributed by atoms with Crippen molar-refractivity contribution in [3.05, 3.63) is 0 Å². The van der Waals surface area contributed by atoms with Gasteiger partial charge in [-0.05, 0) is 18.6 Å². The number of carboxylic acids is 1. The summed E-state index contributed by atoms with van der Waals surface area (Å²) < 4.78 is 4.87. The van der Waals surface area contributed by atoms with Crippen LogP contribution in [0.3, 0.4) is 0 Å². The molecule has 0 spiro atoms. The molecule has 7 heteroatoms. The molecule has 2 N–H and O–H groups in total. The number of rotatable bonds is 6. The molecule has 1 aliphatic heterocycles. The minimum absolute atomic E-state index is 0.250. The van der Waals surface area contributed by atoms with Crippen LogP contribution in [0.2, 0.25) is 0 Å². The molecule has 1 aliphatic rings. The number of aliphatic carboxylic acids is 1. The molecule has 1 fully saturated rings. The Morgan fingerprint density at radius 2 is 2.38 bits per heavy atom. The molecule has 0 bridgehead atoms. The minimum Gasteiger partial charge on any atom is -0.481 e. The average Bonchev–Trinajstić information content (AvgIpc) is 2.45. The number of amides is 1. The fourth-order valence-corrected chi connectivity index (χ4v) is 1.79. The van der Waals surface area contributed by atoms with Gasteiger partial charge in [0.05, 0.1) is 6.42 Å². The molecule has 0 saturated carbocycles. The van der Waals surface area contributed by atoms with E-state index in [1.807, 2.05) is 0 Å². The molecular weight excluding hydrogens is 232 g/mol. The zero-order chi connectivity index (χ0) is 12.1. The van der Waals surface area contributed by atoms with E-state index >= 15 is 0 Å². The monoisotopic (exact) mass is 246 g/mol. The van der Waals surface area contributed by atoms with Crippen molar-refractivity contribution in [1.82, 2.24) is 10.2 Å². The van der Waals surface area contributed by atoms with E-state index in [1.54, 1.807) is 7.11 Å². The average molecular weight is 246 g/mol. The Morgan fingerprint density at radius 1 is 1.69 bits per heavy atom. The van der Waals surface area contributed by atoms with Gasteiger partial charge in [0.25, 0.3) is 5.91 Å². The number of hydrogen-bond donors (Lipinski definition) is 2. The van der Waals surface area contributed by atoms with E-state index in [9.17, 15) is 9.59 Å². The number of carbonyl (C=O) groups excluding carboxylic acids is 1. The van der Waals surface area contributed by atoms with Crippen molar-refractivity contribution in [3.8, 4) is 0 Å². The topological polar surface area (TPSA) is 78.9 Å². The van der Waals surface area contributed by atoms with Crippen LogP contribution in [0.4, 0.5) is 0 Å². The maximum absolute atomic E-state index is 11.7. The summed E-state index contributed by atoms with van der Waals surface area (Å²) in [5.74, 6) is -1.30. The number of thiocarbonyl (C=S) groups is 1. The fraction of sp³-hybridized carbons (Fsp3) is 0.667. The van der Waals surface area contributed by atoms with Gasteiger partial charge in [0.2, 0.25) is 0 Å². The van der Waals surface area contributed by atoms with Crippen LogP contribution in [0.1, 0.15) is 12.8 Å². The van der Waals surface area contributed by atoms with Crippen LogP contribution in [0, 0.1) is 0 Å². The molecule has 1 amide bonds. The van der Waals surface area contributed by atoms with Crippen LogP contribution in [0.25, 0.3) is 0 Å². The number of methoxy groups -OCH3 is 1. The lowest BCUT2D eigenvalue weighted by molar-refractivity contribution is -0.140. The Labute approximate surface area is 98.6 Å². The Balaban J connectivity index is 2.50. The van der Waals surface area contributed by atoms with E-state index in [2.05, 4.69) is 5.32 Å². The van der Waals surface area contributed by atoms with Crippen molar-refractivity contribution in [2.45, 2.75) is 18.9 Å². The Kier molecular flexibility index (Phi) is 4.63. The lowest BCUT2D eigenvalue weighted by Gasteiger charge is -2.13. The van der Waals surface area contributed by atoms with E-state index in [0.717, 1.165) is 0 Å². The molecule has 1 atom stereocenters.